The Morgan fingerprint density at radius 1 is 1.19 bits per heavy atom. The van der Waals surface area contributed by atoms with Gasteiger partial charge in [0.05, 0.1) is 22.5 Å². The summed E-state index contributed by atoms with van der Waals surface area (Å²) in [5.74, 6) is -1.05. The molecule has 0 saturated carbocycles. The Labute approximate surface area is 165 Å². The predicted molar refractivity (Wildman–Crippen MR) is 104 cm³/mol. The maximum absolute atomic E-state index is 14.3. The number of aromatic amines is 1. The first-order valence-corrected chi connectivity index (χ1v) is 9.93. The molecule has 11 heteroatoms. The number of anilines is 2. The molecule has 3 aromatic rings. The molecule has 0 aliphatic heterocycles. The van der Waals surface area contributed by atoms with Gasteiger partial charge in [0.1, 0.15) is 10.7 Å². The van der Waals surface area contributed by atoms with E-state index in [1.165, 1.54) is 0 Å². The fourth-order valence-corrected chi connectivity index (χ4v) is 3.75. The molecule has 0 amide bonds. The summed E-state index contributed by atoms with van der Waals surface area (Å²) >= 11 is 8.25. The number of hydrogen-bond acceptors (Lipinski definition) is 5. The zero-order valence-electron chi connectivity index (χ0n) is 12.7. The van der Waals surface area contributed by atoms with Crippen molar-refractivity contribution in [3.8, 4) is 11.3 Å². The van der Waals surface area contributed by atoms with E-state index in [0.29, 0.717) is 10.7 Å². The van der Waals surface area contributed by atoms with Gasteiger partial charge < -0.3 is 9.84 Å². The Hall–Kier alpha value is -1.89. The van der Waals surface area contributed by atoms with Crippen molar-refractivity contribution in [3.05, 3.63) is 61.2 Å². The van der Waals surface area contributed by atoms with Gasteiger partial charge in [-0.15, -0.1) is 0 Å². The smallest absolute Gasteiger partial charge is 0.280 e. The SMILES string of the molecule is NS(=O)(=O)c1cc(-c2cc(=O)[nH]o2)c(Nc2ccc(I)cc2Cl)cc1F. The van der Waals surface area contributed by atoms with Crippen LogP contribution in [-0.2, 0) is 10.0 Å². The van der Waals surface area contributed by atoms with Crippen LogP contribution in [0.3, 0.4) is 0 Å². The molecule has 0 spiro atoms. The zero-order chi connectivity index (χ0) is 19.1. The van der Waals surface area contributed by atoms with E-state index in [1.54, 1.807) is 18.2 Å². The number of aromatic nitrogens is 1. The van der Waals surface area contributed by atoms with E-state index in [1.807, 2.05) is 0 Å². The summed E-state index contributed by atoms with van der Waals surface area (Å²) in [6, 6.07) is 8.17. The molecule has 26 heavy (non-hydrogen) atoms. The van der Waals surface area contributed by atoms with Gasteiger partial charge in [0.15, 0.2) is 5.76 Å². The van der Waals surface area contributed by atoms with Crippen LogP contribution in [-0.4, -0.2) is 13.6 Å². The summed E-state index contributed by atoms with van der Waals surface area (Å²) < 4.78 is 43.4. The summed E-state index contributed by atoms with van der Waals surface area (Å²) in [6.07, 6.45) is 0. The summed E-state index contributed by atoms with van der Waals surface area (Å²) in [6.45, 7) is 0. The number of rotatable bonds is 4. The minimum atomic E-state index is -4.32. The zero-order valence-corrected chi connectivity index (χ0v) is 16.4. The first kappa shape index (κ1) is 18.9. The van der Waals surface area contributed by atoms with E-state index in [9.17, 15) is 17.6 Å². The van der Waals surface area contributed by atoms with Crippen molar-refractivity contribution in [1.82, 2.24) is 5.16 Å². The average molecular weight is 510 g/mol. The first-order chi connectivity index (χ1) is 12.1. The molecular weight excluding hydrogens is 500 g/mol. The summed E-state index contributed by atoms with van der Waals surface area (Å²) in [4.78, 5) is 10.6. The van der Waals surface area contributed by atoms with Gasteiger partial charge in [-0.1, -0.05) is 11.6 Å². The van der Waals surface area contributed by atoms with Crippen LogP contribution in [0.25, 0.3) is 11.3 Å². The molecular formula is C15H10ClFIN3O4S. The van der Waals surface area contributed by atoms with Crippen molar-refractivity contribution in [3.63, 3.8) is 0 Å². The molecule has 7 nitrogen and oxygen atoms in total. The highest BCUT2D eigenvalue weighted by molar-refractivity contribution is 14.1. The summed E-state index contributed by atoms with van der Waals surface area (Å²) in [7, 11) is -4.32. The van der Waals surface area contributed by atoms with E-state index in [-0.39, 0.29) is 17.0 Å². The number of nitrogens with two attached hydrogens (primary N) is 1. The highest BCUT2D eigenvalue weighted by Crippen LogP contribution is 2.35. The molecule has 1 aromatic heterocycles. The Kier molecular flexibility index (Phi) is 5.10. The highest BCUT2D eigenvalue weighted by atomic mass is 127. The third-order valence-corrected chi connectivity index (χ3v) is 5.28. The van der Waals surface area contributed by atoms with E-state index >= 15 is 0 Å². The van der Waals surface area contributed by atoms with Crippen molar-refractivity contribution >= 4 is 55.6 Å². The molecule has 4 N–H and O–H groups in total. The maximum Gasteiger partial charge on any atom is 0.280 e. The number of benzene rings is 2. The summed E-state index contributed by atoms with van der Waals surface area (Å²) in [5, 5.41) is 10.4. The van der Waals surface area contributed by atoms with E-state index in [0.717, 1.165) is 21.8 Å². The standard InChI is InChI=1S/C15H10ClFIN3O4S/c16-9-3-7(18)1-2-11(9)20-12-5-10(17)14(26(19,23)24)4-8(12)13-6-15(22)21-25-13/h1-6,20H,(H,21,22)(H2,19,23,24). The highest BCUT2D eigenvalue weighted by Gasteiger charge is 2.21. The van der Waals surface area contributed by atoms with Crippen LogP contribution < -0.4 is 16.0 Å². The minimum absolute atomic E-state index is 0.00374. The fraction of sp³-hybridized carbons (Fsp3) is 0. The second-order valence-electron chi connectivity index (χ2n) is 5.20. The second-order valence-corrected chi connectivity index (χ2v) is 8.38. The lowest BCUT2D eigenvalue weighted by Crippen LogP contribution is -2.14. The van der Waals surface area contributed by atoms with Crippen LogP contribution in [0.15, 0.2) is 50.6 Å². The quantitative estimate of drug-likeness (QED) is 0.466. The van der Waals surface area contributed by atoms with Gasteiger partial charge in [0, 0.05) is 9.13 Å². The lowest BCUT2D eigenvalue weighted by Gasteiger charge is -2.14. The molecule has 0 saturated heterocycles. The van der Waals surface area contributed by atoms with E-state index in [2.05, 4.69) is 33.1 Å². The van der Waals surface area contributed by atoms with Gasteiger partial charge >= 0.3 is 0 Å². The topological polar surface area (TPSA) is 118 Å². The monoisotopic (exact) mass is 509 g/mol. The average Bonchev–Trinajstić information content (AvgIpc) is 2.95. The molecule has 0 aliphatic rings. The molecule has 0 unspecified atom stereocenters. The Balaban J connectivity index is 2.20. The van der Waals surface area contributed by atoms with E-state index in [4.69, 9.17) is 21.3 Å². The fourth-order valence-electron chi connectivity index (χ4n) is 2.23. The Bertz CT molecular complexity index is 1160. The molecule has 136 valence electrons. The largest absolute Gasteiger partial charge is 0.378 e. The van der Waals surface area contributed by atoms with Crippen LogP contribution in [0.4, 0.5) is 15.8 Å². The van der Waals surface area contributed by atoms with Crippen LogP contribution in [0.2, 0.25) is 5.02 Å². The molecule has 0 radical (unpaired) electrons. The van der Waals surface area contributed by atoms with Crippen molar-refractivity contribution in [2.24, 2.45) is 5.14 Å². The van der Waals surface area contributed by atoms with Gasteiger partial charge in [0.2, 0.25) is 10.0 Å². The number of H-pyrrole nitrogens is 1. The van der Waals surface area contributed by atoms with Crippen LogP contribution in [0.5, 0.6) is 0 Å². The third-order valence-electron chi connectivity index (χ3n) is 3.37. The summed E-state index contributed by atoms with van der Waals surface area (Å²) in [5.41, 5.74) is 0.165. The van der Waals surface area contributed by atoms with Crippen molar-refractivity contribution < 1.29 is 17.3 Å². The van der Waals surface area contributed by atoms with Gasteiger partial charge in [-0.3, -0.25) is 4.79 Å². The second kappa shape index (κ2) is 7.02. The lowest BCUT2D eigenvalue weighted by molar-refractivity contribution is 0.426. The normalized spacial score (nSPS) is 11.5. The predicted octanol–water partition coefficient (Wildman–Crippen LogP) is 3.42. The number of hydrogen-bond donors (Lipinski definition) is 3. The number of primary sulfonamides is 1. The Morgan fingerprint density at radius 3 is 2.50 bits per heavy atom. The molecule has 0 atom stereocenters. The maximum atomic E-state index is 14.3. The molecule has 0 bridgehead atoms. The van der Waals surface area contributed by atoms with Crippen molar-refractivity contribution in [1.29, 1.82) is 0 Å². The van der Waals surface area contributed by atoms with Crippen LogP contribution >= 0.6 is 34.2 Å². The molecule has 3 rings (SSSR count). The molecule has 1 heterocycles. The van der Waals surface area contributed by atoms with Crippen LogP contribution in [0, 0.1) is 9.39 Å². The van der Waals surface area contributed by atoms with Crippen molar-refractivity contribution in [2.75, 3.05) is 5.32 Å². The number of nitrogens with one attached hydrogen (secondary N) is 2. The van der Waals surface area contributed by atoms with Gasteiger partial charge in [-0.2, -0.15) is 5.16 Å². The van der Waals surface area contributed by atoms with Gasteiger partial charge in [-0.25, -0.2) is 17.9 Å². The molecule has 2 aromatic carbocycles. The van der Waals surface area contributed by atoms with Crippen LogP contribution in [0.1, 0.15) is 0 Å². The number of sulfonamides is 1. The van der Waals surface area contributed by atoms with E-state index < -0.39 is 26.3 Å². The van der Waals surface area contributed by atoms with Gasteiger partial charge in [-0.05, 0) is 52.9 Å². The first-order valence-electron chi connectivity index (χ1n) is 6.92. The minimum Gasteiger partial charge on any atom is -0.378 e. The molecule has 0 fully saturated rings. The van der Waals surface area contributed by atoms with Gasteiger partial charge in [0.25, 0.3) is 5.56 Å². The Morgan fingerprint density at radius 2 is 1.92 bits per heavy atom. The molecule has 0 aliphatic carbocycles. The number of halogens is 3. The lowest BCUT2D eigenvalue weighted by atomic mass is 10.1. The van der Waals surface area contributed by atoms with Crippen molar-refractivity contribution in [2.45, 2.75) is 4.90 Å². The third kappa shape index (κ3) is 3.92.